The van der Waals surface area contributed by atoms with E-state index in [1.54, 1.807) is 12.3 Å². The third kappa shape index (κ3) is 13.5. The van der Waals surface area contributed by atoms with Crippen LogP contribution in [-0.4, -0.2) is 35.0 Å². The van der Waals surface area contributed by atoms with Crippen LogP contribution >= 0.6 is 15.8 Å². The molecule has 0 aliphatic carbocycles. The van der Waals surface area contributed by atoms with Crippen molar-refractivity contribution >= 4 is 15.8 Å². The standard InChI is InChI=1S/C22H44P2.2C4H7.Ru/c1-15(2)19-9-10-20(16(3)4)23(19)13-14-24-21(17(5)6)11-12-22(24)18(7)8;2*1-4(2)3;/h15-22H,9-14H2,1-8H3;2*1-2H2,3H3;/q;2*-1;+2/t19-,20+,21-,22+,23?,24?;;;. The summed E-state index contributed by atoms with van der Waals surface area (Å²) < 4.78 is 0. The molecule has 2 fully saturated rings. The molecule has 6 atom stereocenters. The predicted octanol–water partition coefficient (Wildman–Crippen LogP) is 10.4. The normalized spacial score (nSPS) is 28.8. The summed E-state index contributed by atoms with van der Waals surface area (Å²) in [5, 5.41) is 0. The van der Waals surface area contributed by atoms with E-state index in [4.69, 9.17) is 0 Å². The van der Waals surface area contributed by atoms with Crippen molar-refractivity contribution in [3.05, 3.63) is 38.2 Å². The van der Waals surface area contributed by atoms with Gasteiger partial charge in [0.25, 0.3) is 0 Å². The topological polar surface area (TPSA) is 0 Å². The zero-order valence-corrected chi connectivity index (χ0v) is 27.5. The first kappa shape index (κ1) is 35.9. The molecule has 0 amide bonds. The Morgan fingerprint density at radius 2 is 0.758 bits per heavy atom. The molecule has 0 aromatic heterocycles. The summed E-state index contributed by atoms with van der Waals surface area (Å²) in [6, 6.07) is 0. The first-order valence-corrected chi connectivity index (χ1v) is 16.5. The zero-order chi connectivity index (χ0) is 25.2. The summed E-state index contributed by atoms with van der Waals surface area (Å²) in [5.41, 5.74) is 6.11. The third-order valence-corrected chi connectivity index (χ3v) is 15.6. The van der Waals surface area contributed by atoms with Crippen LogP contribution in [0, 0.1) is 37.5 Å². The Hall–Kier alpha value is 0.703. The molecule has 2 aliphatic rings. The van der Waals surface area contributed by atoms with Crippen LogP contribution < -0.4 is 0 Å². The summed E-state index contributed by atoms with van der Waals surface area (Å²) >= 11 is 0. The van der Waals surface area contributed by atoms with Crippen LogP contribution in [0.3, 0.4) is 0 Å². The van der Waals surface area contributed by atoms with E-state index < -0.39 is 0 Å². The predicted molar refractivity (Wildman–Crippen MR) is 157 cm³/mol. The second-order valence-corrected chi connectivity index (χ2v) is 17.4. The Kier molecular flexibility index (Phi) is 19.6. The molecule has 2 aliphatic heterocycles. The Morgan fingerprint density at radius 1 is 0.606 bits per heavy atom. The molecule has 3 heteroatoms. The molecule has 196 valence electrons. The number of hydrogen-bond acceptors (Lipinski definition) is 0. The summed E-state index contributed by atoms with van der Waals surface area (Å²) in [7, 11) is 0.545. The van der Waals surface area contributed by atoms with E-state index in [1.807, 2.05) is 13.8 Å². The van der Waals surface area contributed by atoms with Crippen molar-refractivity contribution in [2.75, 3.05) is 12.3 Å². The summed E-state index contributed by atoms with van der Waals surface area (Å²) in [6.07, 6.45) is 9.35. The van der Waals surface area contributed by atoms with Crippen molar-refractivity contribution in [1.29, 1.82) is 0 Å². The maximum absolute atomic E-state index is 3.44. The van der Waals surface area contributed by atoms with E-state index in [1.165, 1.54) is 25.7 Å². The van der Waals surface area contributed by atoms with Gasteiger partial charge in [-0.3, -0.25) is 0 Å². The Labute approximate surface area is 226 Å². The van der Waals surface area contributed by atoms with E-state index in [0.29, 0.717) is 0 Å². The minimum atomic E-state index is 0. The van der Waals surface area contributed by atoms with Crippen molar-refractivity contribution in [2.45, 2.75) is 118 Å². The molecular weight excluding hydrogens is 523 g/mol. The van der Waals surface area contributed by atoms with Crippen molar-refractivity contribution < 1.29 is 19.5 Å². The van der Waals surface area contributed by atoms with Crippen LogP contribution in [0.25, 0.3) is 0 Å². The van der Waals surface area contributed by atoms with Gasteiger partial charge >= 0.3 is 19.5 Å². The van der Waals surface area contributed by atoms with Crippen molar-refractivity contribution in [3.63, 3.8) is 0 Å². The molecule has 0 spiro atoms. The van der Waals surface area contributed by atoms with E-state index in [9.17, 15) is 0 Å². The molecule has 2 rings (SSSR count). The van der Waals surface area contributed by atoms with Gasteiger partial charge in [-0.25, -0.2) is 38.2 Å². The van der Waals surface area contributed by atoms with E-state index in [2.05, 4.69) is 82.4 Å². The zero-order valence-electron chi connectivity index (χ0n) is 23.9. The van der Waals surface area contributed by atoms with Crippen molar-refractivity contribution in [3.8, 4) is 0 Å². The van der Waals surface area contributed by atoms with Gasteiger partial charge in [0.2, 0.25) is 0 Å². The van der Waals surface area contributed by atoms with Gasteiger partial charge in [-0.2, -0.15) is 0 Å². The summed E-state index contributed by atoms with van der Waals surface area (Å²) in [4.78, 5) is 0. The second kappa shape index (κ2) is 18.0. The van der Waals surface area contributed by atoms with Crippen molar-refractivity contribution in [2.24, 2.45) is 23.7 Å². The maximum Gasteiger partial charge on any atom is 2.00 e. The molecule has 0 N–H and O–H groups in total. The fourth-order valence-electron chi connectivity index (χ4n) is 5.60. The van der Waals surface area contributed by atoms with Gasteiger partial charge in [0.15, 0.2) is 0 Å². The fraction of sp³-hybridized carbons (Fsp3) is 0.800. The van der Waals surface area contributed by atoms with E-state index >= 15 is 0 Å². The number of hydrogen-bond donors (Lipinski definition) is 0. The van der Waals surface area contributed by atoms with Gasteiger partial charge in [0, 0.05) is 0 Å². The number of rotatable bonds is 7. The third-order valence-electron chi connectivity index (χ3n) is 6.91. The minimum Gasteiger partial charge on any atom is -0.242 e. The largest absolute Gasteiger partial charge is 2.00 e. The molecule has 0 aromatic rings. The Balaban J connectivity index is 0. The van der Waals surface area contributed by atoms with Gasteiger partial charge in [-0.1, -0.05) is 85.1 Å². The van der Waals surface area contributed by atoms with Crippen LogP contribution in [-0.2, 0) is 19.5 Å². The molecule has 0 saturated carbocycles. The maximum atomic E-state index is 3.44. The monoisotopic (exact) mass is 582 g/mol. The Morgan fingerprint density at radius 3 is 0.879 bits per heavy atom. The van der Waals surface area contributed by atoms with Crippen molar-refractivity contribution in [1.82, 2.24) is 0 Å². The van der Waals surface area contributed by atoms with Gasteiger partial charge < -0.3 is 0 Å². The Bertz CT molecular complexity index is 449. The summed E-state index contributed by atoms with van der Waals surface area (Å²) in [5.74, 6) is 3.66. The molecule has 33 heavy (non-hydrogen) atoms. The molecule has 0 nitrogen and oxygen atoms in total. The quantitative estimate of drug-likeness (QED) is 0.159. The average Bonchev–Trinajstić information content (AvgIpc) is 3.23. The average molecular weight is 582 g/mol. The molecule has 0 bridgehead atoms. The van der Waals surface area contributed by atoms with Crippen LogP contribution in [0.4, 0.5) is 0 Å². The van der Waals surface area contributed by atoms with Gasteiger partial charge in [-0.15, -0.1) is 0 Å². The molecule has 2 heterocycles. The van der Waals surface area contributed by atoms with Crippen LogP contribution in [0.15, 0.2) is 24.3 Å². The van der Waals surface area contributed by atoms with Gasteiger partial charge in [0.1, 0.15) is 0 Å². The smallest absolute Gasteiger partial charge is 0.242 e. The second-order valence-electron chi connectivity index (χ2n) is 11.8. The SMILES string of the molecule is C=C([CH2-])C.C=C([CH2-])C.CC(C)[C@H]1CC[C@@H](C(C)C)P1CCP1[C@@H](C(C)C)CC[C@H]1C(C)C.[Ru+2]. The molecule has 2 saturated heterocycles. The van der Waals surface area contributed by atoms with Crippen LogP contribution in [0.2, 0.25) is 0 Å². The van der Waals surface area contributed by atoms with E-state index in [0.717, 1.165) is 57.5 Å². The van der Waals surface area contributed by atoms with Gasteiger partial charge in [-0.05, 0) is 84.3 Å². The first-order chi connectivity index (χ1) is 14.7. The van der Waals surface area contributed by atoms with Crippen LogP contribution in [0.1, 0.15) is 94.9 Å². The van der Waals surface area contributed by atoms with Crippen LogP contribution in [0.5, 0.6) is 0 Å². The summed E-state index contributed by atoms with van der Waals surface area (Å²) in [6.45, 7) is 37.5. The van der Waals surface area contributed by atoms with E-state index in [-0.39, 0.29) is 35.3 Å². The molecule has 2 unspecified atom stereocenters. The molecule has 0 radical (unpaired) electrons. The molecule has 0 aromatic carbocycles. The van der Waals surface area contributed by atoms with Gasteiger partial charge in [0.05, 0.1) is 0 Å². The first-order valence-electron chi connectivity index (χ1n) is 13.2. The number of allylic oxidation sites excluding steroid dienone is 2. The fourth-order valence-corrected chi connectivity index (χ4v) is 14.7. The molecular formula is C30H58P2Ru. The minimum absolute atomic E-state index is 0.